The molecule has 0 radical (unpaired) electrons. The van der Waals surface area contributed by atoms with Gasteiger partial charge in [0.25, 0.3) is 0 Å². The maximum atomic E-state index is 11.6. The quantitative estimate of drug-likeness (QED) is 0.393. The third-order valence-corrected chi connectivity index (χ3v) is 2.59. The summed E-state index contributed by atoms with van der Waals surface area (Å²) in [5.74, 6) is -0.222. The molecular weight excluding hydrogens is 188 g/mol. The van der Waals surface area contributed by atoms with Gasteiger partial charge in [0.1, 0.15) is 6.10 Å². The number of ether oxygens (including phenoxy) is 1. The van der Waals surface area contributed by atoms with Gasteiger partial charge in [-0.3, -0.25) is 0 Å². The zero-order valence-electron chi connectivity index (χ0n) is 9.50. The van der Waals surface area contributed by atoms with Crippen molar-refractivity contribution in [1.29, 1.82) is 0 Å². The van der Waals surface area contributed by atoms with Crippen LogP contribution < -0.4 is 0 Å². The largest absolute Gasteiger partial charge is 0.455 e. The van der Waals surface area contributed by atoms with E-state index < -0.39 is 0 Å². The Bertz CT molecular complexity index is 253. The van der Waals surface area contributed by atoms with Gasteiger partial charge >= 0.3 is 5.97 Å². The molecule has 0 amide bonds. The van der Waals surface area contributed by atoms with Gasteiger partial charge in [-0.05, 0) is 38.2 Å². The van der Waals surface area contributed by atoms with E-state index in [9.17, 15) is 4.79 Å². The number of unbranched alkanes of at least 4 members (excludes halogenated alkanes) is 1. The highest BCUT2D eigenvalue weighted by molar-refractivity contribution is 5.87. The molecule has 0 aliphatic heterocycles. The average Bonchev–Trinajstić information content (AvgIpc) is 2.27. The van der Waals surface area contributed by atoms with Crippen LogP contribution in [0.25, 0.3) is 0 Å². The van der Waals surface area contributed by atoms with Crippen LogP contribution in [-0.2, 0) is 9.53 Å². The highest BCUT2D eigenvalue weighted by atomic mass is 16.5. The molecule has 0 saturated heterocycles. The van der Waals surface area contributed by atoms with Crippen LogP contribution in [0.5, 0.6) is 0 Å². The summed E-state index contributed by atoms with van der Waals surface area (Å²) in [6, 6.07) is 0. The van der Waals surface area contributed by atoms with E-state index in [2.05, 4.69) is 19.6 Å². The van der Waals surface area contributed by atoms with Crippen molar-refractivity contribution >= 4 is 5.97 Å². The first-order valence-electron chi connectivity index (χ1n) is 5.79. The normalized spacial score (nSPS) is 19.9. The summed E-state index contributed by atoms with van der Waals surface area (Å²) in [6.07, 6.45) is 10.0. The van der Waals surface area contributed by atoms with E-state index in [0.29, 0.717) is 5.57 Å². The summed E-state index contributed by atoms with van der Waals surface area (Å²) >= 11 is 0. The Hall–Kier alpha value is -1.05. The van der Waals surface area contributed by atoms with Gasteiger partial charge in [0, 0.05) is 5.57 Å². The lowest BCUT2D eigenvalue weighted by Gasteiger charge is -2.17. The number of esters is 1. The van der Waals surface area contributed by atoms with Crippen LogP contribution in [0.15, 0.2) is 24.3 Å². The van der Waals surface area contributed by atoms with Gasteiger partial charge in [-0.25, -0.2) is 4.79 Å². The standard InChI is InChI=1S/C13H20O2/c1-3-4-8-11(2)13(14)15-12-9-6-5-7-10-12/h6,9,12H,2-5,7-8,10H2,1H3. The fourth-order valence-electron chi connectivity index (χ4n) is 1.59. The Kier molecular flexibility index (Phi) is 5.16. The van der Waals surface area contributed by atoms with Gasteiger partial charge in [-0.1, -0.05) is 26.0 Å². The summed E-state index contributed by atoms with van der Waals surface area (Å²) in [5, 5.41) is 0. The molecule has 0 aromatic rings. The number of hydrogen-bond donors (Lipinski definition) is 0. The van der Waals surface area contributed by atoms with E-state index in [0.717, 1.165) is 38.5 Å². The van der Waals surface area contributed by atoms with Crippen LogP contribution in [0.2, 0.25) is 0 Å². The van der Waals surface area contributed by atoms with Crippen molar-refractivity contribution < 1.29 is 9.53 Å². The zero-order chi connectivity index (χ0) is 11.1. The fourth-order valence-corrected chi connectivity index (χ4v) is 1.59. The monoisotopic (exact) mass is 208 g/mol. The lowest BCUT2D eigenvalue weighted by atomic mass is 10.1. The predicted molar refractivity (Wildman–Crippen MR) is 61.5 cm³/mol. The van der Waals surface area contributed by atoms with Crippen LogP contribution in [-0.4, -0.2) is 12.1 Å². The molecule has 1 aliphatic rings. The van der Waals surface area contributed by atoms with E-state index in [1.807, 2.05) is 6.08 Å². The number of allylic oxidation sites excluding steroid dienone is 1. The third kappa shape index (κ3) is 4.32. The molecule has 0 spiro atoms. The second-order valence-electron chi connectivity index (χ2n) is 4.01. The smallest absolute Gasteiger partial charge is 0.333 e. The van der Waals surface area contributed by atoms with E-state index >= 15 is 0 Å². The van der Waals surface area contributed by atoms with Crippen LogP contribution in [0.4, 0.5) is 0 Å². The molecule has 1 unspecified atom stereocenters. The van der Waals surface area contributed by atoms with Crippen molar-refractivity contribution in [3.05, 3.63) is 24.3 Å². The van der Waals surface area contributed by atoms with Crippen molar-refractivity contribution in [2.24, 2.45) is 0 Å². The zero-order valence-corrected chi connectivity index (χ0v) is 9.50. The summed E-state index contributed by atoms with van der Waals surface area (Å²) in [6.45, 7) is 5.86. The molecule has 0 aromatic carbocycles. The molecule has 0 bridgehead atoms. The van der Waals surface area contributed by atoms with Crippen LogP contribution in [0.3, 0.4) is 0 Å². The van der Waals surface area contributed by atoms with E-state index in [4.69, 9.17) is 4.74 Å². The molecule has 0 fully saturated rings. The second kappa shape index (κ2) is 6.44. The van der Waals surface area contributed by atoms with Crippen LogP contribution >= 0.6 is 0 Å². The van der Waals surface area contributed by atoms with Crippen molar-refractivity contribution in [1.82, 2.24) is 0 Å². The van der Waals surface area contributed by atoms with Gasteiger partial charge in [-0.15, -0.1) is 0 Å². The van der Waals surface area contributed by atoms with Gasteiger partial charge < -0.3 is 4.74 Å². The van der Waals surface area contributed by atoms with Gasteiger partial charge in [0.05, 0.1) is 0 Å². The van der Waals surface area contributed by atoms with E-state index in [-0.39, 0.29) is 12.1 Å². The topological polar surface area (TPSA) is 26.3 Å². The molecule has 1 rings (SSSR count). The Balaban J connectivity index is 2.30. The minimum Gasteiger partial charge on any atom is -0.455 e. The molecule has 2 heteroatoms. The summed E-state index contributed by atoms with van der Waals surface area (Å²) < 4.78 is 5.32. The molecular formula is C13H20O2. The van der Waals surface area contributed by atoms with Crippen molar-refractivity contribution in [2.45, 2.75) is 51.6 Å². The first kappa shape index (κ1) is 12.0. The fraction of sp³-hybridized carbons (Fsp3) is 0.615. The molecule has 1 aliphatic carbocycles. The van der Waals surface area contributed by atoms with Crippen molar-refractivity contribution in [3.8, 4) is 0 Å². The van der Waals surface area contributed by atoms with Crippen molar-refractivity contribution in [2.75, 3.05) is 0 Å². The highest BCUT2D eigenvalue weighted by Gasteiger charge is 2.15. The molecule has 2 nitrogen and oxygen atoms in total. The molecule has 84 valence electrons. The Morgan fingerprint density at radius 3 is 3.00 bits per heavy atom. The average molecular weight is 208 g/mol. The van der Waals surface area contributed by atoms with E-state index in [1.54, 1.807) is 0 Å². The molecule has 1 atom stereocenters. The Morgan fingerprint density at radius 1 is 1.60 bits per heavy atom. The molecule has 15 heavy (non-hydrogen) atoms. The first-order valence-corrected chi connectivity index (χ1v) is 5.79. The summed E-state index contributed by atoms with van der Waals surface area (Å²) in [7, 11) is 0. The molecule has 0 N–H and O–H groups in total. The number of carbonyl (C=O) groups is 1. The minimum atomic E-state index is -0.222. The molecule has 0 heterocycles. The van der Waals surface area contributed by atoms with Gasteiger partial charge in [0.2, 0.25) is 0 Å². The lowest BCUT2D eigenvalue weighted by Crippen LogP contribution is -2.18. The summed E-state index contributed by atoms with van der Waals surface area (Å²) in [4.78, 5) is 11.6. The molecule has 0 saturated carbocycles. The lowest BCUT2D eigenvalue weighted by molar-refractivity contribution is -0.142. The number of carbonyl (C=O) groups excluding carboxylic acids is 1. The minimum absolute atomic E-state index is 0.0235. The third-order valence-electron chi connectivity index (χ3n) is 2.59. The van der Waals surface area contributed by atoms with Gasteiger partial charge in [-0.2, -0.15) is 0 Å². The van der Waals surface area contributed by atoms with Crippen LogP contribution in [0.1, 0.15) is 45.4 Å². The Morgan fingerprint density at radius 2 is 2.40 bits per heavy atom. The Labute approximate surface area is 92.0 Å². The van der Waals surface area contributed by atoms with Crippen molar-refractivity contribution in [3.63, 3.8) is 0 Å². The first-order chi connectivity index (χ1) is 7.24. The second-order valence-corrected chi connectivity index (χ2v) is 4.01. The number of rotatable bonds is 5. The maximum Gasteiger partial charge on any atom is 0.333 e. The highest BCUT2D eigenvalue weighted by Crippen LogP contribution is 2.16. The van der Waals surface area contributed by atoms with E-state index in [1.165, 1.54) is 0 Å². The summed E-state index contributed by atoms with van der Waals surface area (Å²) in [5.41, 5.74) is 0.607. The maximum absolute atomic E-state index is 11.6. The molecule has 0 aromatic heterocycles. The SMILES string of the molecule is C=C(CCCC)C(=O)OC1C=CCCC1. The predicted octanol–water partition coefficient (Wildman–Crippen LogP) is 3.38. The van der Waals surface area contributed by atoms with Crippen LogP contribution in [0, 0.1) is 0 Å². The van der Waals surface area contributed by atoms with Gasteiger partial charge in [0.15, 0.2) is 0 Å². The number of hydrogen-bond acceptors (Lipinski definition) is 2.